The average Bonchev–Trinajstić information content (AvgIpc) is 2.91. The molecule has 4 nitrogen and oxygen atoms in total. The van der Waals surface area contributed by atoms with E-state index in [1.807, 2.05) is 18.2 Å². The van der Waals surface area contributed by atoms with Crippen LogP contribution in [-0.2, 0) is 6.54 Å². The highest BCUT2D eigenvalue weighted by molar-refractivity contribution is 6.31. The van der Waals surface area contributed by atoms with Gasteiger partial charge in [-0.2, -0.15) is 0 Å². The van der Waals surface area contributed by atoms with E-state index in [1.165, 1.54) is 0 Å². The van der Waals surface area contributed by atoms with E-state index in [1.54, 1.807) is 35.2 Å². The molecule has 3 aromatic rings. The molecule has 22 heavy (non-hydrogen) atoms. The highest BCUT2D eigenvalue weighted by atomic mass is 35.5. The molecule has 0 saturated heterocycles. The first-order valence-corrected chi connectivity index (χ1v) is 7.41. The van der Waals surface area contributed by atoms with Crippen LogP contribution >= 0.6 is 11.6 Å². The van der Waals surface area contributed by atoms with Crippen molar-refractivity contribution >= 4 is 34.2 Å². The van der Waals surface area contributed by atoms with E-state index in [2.05, 4.69) is 9.97 Å². The maximum Gasteiger partial charge on any atom is 0.261 e. The minimum atomic E-state index is -0.00810. The second-order valence-electron chi connectivity index (χ2n) is 5.26. The highest BCUT2D eigenvalue weighted by Gasteiger charge is 2.20. The summed E-state index contributed by atoms with van der Waals surface area (Å²) in [5, 5.41) is 1.19. The topological polar surface area (TPSA) is 47.8 Å². The molecule has 3 heterocycles. The van der Waals surface area contributed by atoms with Crippen LogP contribution in [0.25, 0.3) is 22.6 Å². The van der Waals surface area contributed by atoms with Gasteiger partial charge in [-0.15, -0.1) is 0 Å². The number of allylic oxidation sites excluding steroid dienone is 1. The summed E-state index contributed by atoms with van der Waals surface area (Å²) in [5.41, 5.74) is 2.69. The predicted molar refractivity (Wildman–Crippen MR) is 87.7 cm³/mol. The first kappa shape index (κ1) is 13.2. The minimum absolute atomic E-state index is 0.00810. The van der Waals surface area contributed by atoms with E-state index in [-0.39, 0.29) is 5.56 Å². The van der Waals surface area contributed by atoms with Gasteiger partial charge in [0.15, 0.2) is 0 Å². The largest absolute Gasteiger partial charge is 0.292 e. The molecular weight excluding hydrogens is 298 g/mol. The van der Waals surface area contributed by atoms with Crippen LogP contribution in [0.15, 0.2) is 47.5 Å². The molecule has 0 fully saturated rings. The number of fused-ring (bicyclic) bond motifs is 2. The van der Waals surface area contributed by atoms with Crippen molar-refractivity contribution < 1.29 is 0 Å². The molecule has 0 atom stereocenters. The first-order chi connectivity index (χ1) is 10.7. The van der Waals surface area contributed by atoms with Gasteiger partial charge in [0.1, 0.15) is 5.82 Å². The Morgan fingerprint density at radius 3 is 3.00 bits per heavy atom. The Balaban J connectivity index is 1.93. The number of rotatable bonds is 1. The number of aromatic nitrogens is 3. The lowest BCUT2D eigenvalue weighted by Gasteiger charge is -2.05. The fraction of sp³-hybridized carbons (Fsp3) is 0.118. The minimum Gasteiger partial charge on any atom is -0.292 e. The highest BCUT2D eigenvalue weighted by Crippen LogP contribution is 2.27. The van der Waals surface area contributed by atoms with Crippen molar-refractivity contribution in [1.82, 2.24) is 14.5 Å². The summed E-state index contributed by atoms with van der Waals surface area (Å²) in [6, 6.07) is 9.07. The number of hydrogen-bond acceptors (Lipinski definition) is 3. The average molecular weight is 310 g/mol. The maximum atomic E-state index is 12.6. The van der Waals surface area contributed by atoms with Crippen molar-refractivity contribution in [3.63, 3.8) is 0 Å². The number of nitrogens with zero attached hydrogens (tertiary/aromatic N) is 3. The van der Waals surface area contributed by atoms with Crippen LogP contribution in [0, 0.1) is 0 Å². The fourth-order valence-electron chi connectivity index (χ4n) is 2.79. The lowest BCUT2D eigenvalue weighted by molar-refractivity contribution is 0.725. The van der Waals surface area contributed by atoms with Crippen molar-refractivity contribution in [2.45, 2.75) is 13.0 Å². The lowest BCUT2D eigenvalue weighted by Crippen LogP contribution is -2.20. The number of pyridine rings is 1. The zero-order chi connectivity index (χ0) is 15.1. The Morgan fingerprint density at radius 2 is 2.18 bits per heavy atom. The molecule has 0 spiro atoms. The van der Waals surface area contributed by atoms with Gasteiger partial charge in [0, 0.05) is 24.0 Å². The normalized spacial score (nSPS) is 15.4. The summed E-state index contributed by atoms with van der Waals surface area (Å²) >= 11 is 6.02. The lowest BCUT2D eigenvalue weighted by atomic mass is 10.1. The molecule has 5 heteroatoms. The van der Waals surface area contributed by atoms with Crippen LogP contribution in [0.3, 0.4) is 0 Å². The molecule has 0 aliphatic carbocycles. The zero-order valence-electron chi connectivity index (χ0n) is 11.7. The van der Waals surface area contributed by atoms with E-state index in [4.69, 9.17) is 11.6 Å². The van der Waals surface area contributed by atoms with E-state index in [0.29, 0.717) is 22.5 Å². The van der Waals surface area contributed by atoms with Gasteiger partial charge < -0.3 is 0 Å². The third-order valence-corrected chi connectivity index (χ3v) is 4.07. The number of hydrogen-bond donors (Lipinski definition) is 0. The molecule has 1 aromatic carbocycles. The molecule has 0 bridgehead atoms. The van der Waals surface area contributed by atoms with Crippen LogP contribution in [0.4, 0.5) is 0 Å². The fourth-order valence-corrected chi connectivity index (χ4v) is 2.96. The molecule has 108 valence electrons. The van der Waals surface area contributed by atoms with Gasteiger partial charge in [-0.3, -0.25) is 14.3 Å². The monoisotopic (exact) mass is 309 g/mol. The van der Waals surface area contributed by atoms with E-state index in [9.17, 15) is 4.79 Å². The Kier molecular flexibility index (Phi) is 3.05. The van der Waals surface area contributed by atoms with Crippen LogP contribution < -0.4 is 5.56 Å². The van der Waals surface area contributed by atoms with E-state index >= 15 is 0 Å². The third-order valence-electron chi connectivity index (χ3n) is 3.83. The SMILES string of the molecule is O=c1c2ccc(Cl)cc2nc2n1CC/C2=C/c1cccnc1. The van der Waals surface area contributed by atoms with Gasteiger partial charge in [0.2, 0.25) is 0 Å². The first-order valence-electron chi connectivity index (χ1n) is 7.03. The maximum absolute atomic E-state index is 12.6. The Labute approximate surface area is 131 Å². The van der Waals surface area contributed by atoms with Crippen LogP contribution in [0.1, 0.15) is 17.8 Å². The summed E-state index contributed by atoms with van der Waals surface area (Å²) in [5.74, 6) is 0.726. The molecule has 1 aliphatic rings. The molecule has 0 radical (unpaired) electrons. The molecule has 0 saturated carbocycles. The van der Waals surface area contributed by atoms with Crippen molar-refractivity contribution in [1.29, 1.82) is 0 Å². The Hall–Kier alpha value is -2.46. The quantitative estimate of drug-likeness (QED) is 0.692. The van der Waals surface area contributed by atoms with E-state index < -0.39 is 0 Å². The summed E-state index contributed by atoms with van der Waals surface area (Å²) in [7, 11) is 0. The molecule has 1 aliphatic heterocycles. The van der Waals surface area contributed by atoms with Gasteiger partial charge >= 0.3 is 0 Å². The van der Waals surface area contributed by atoms with Crippen molar-refractivity contribution in [2.24, 2.45) is 0 Å². The molecule has 0 N–H and O–H groups in total. The van der Waals surface area contributed by atoms with Gasteiger partial charge in [-0.05, 0) is 47.9 Å². The van der Waals surface area contributed by atoms with E-state index in [0.717, 1.165) is 23.4 Å². The predicted octanol–water partition coefficient (Wildman–Crippen LogP) is 3.39. The summed E-state index contributed by atoms with van der Waals surface area (Å²) in [6.07, 6.45) is 6.37. The van der Waals surface area contributed by atoms with Crippen LogP contribution in [-0.4, -0.2) is 14.5 Å². The van der Waals surface area contributed by atoms with Gasteiger partial charge in [-0.25, -0.2) is 4.98 Å². The standard InChI is InChI=1S/C17H12ClN3O/c18-13-3-4-14-15(9-13)20-16-12(5-7-21(16)17(14)22)8-11-2-1-6-19-10-11/h1-4,6,8-10H,5,7H2/b12-8-. The van der Waals surface area contributed by atoms with Crippen molar-refractivity contribution in [3.05, 3.63) is 69.5 Å². The molecule has 2 aromatic heterocycles. The Bertz CT molecular complexity index is 961. The zero-order valence-corrected chi connectivity index (χ0v) is 12.4. The van der Waals surface area contributed by atoms with Gasteiger partial charge in [0.05, 0.1) is 10.9 Å². The third kappa shape index (κ3) is 2.12. The van der Waals surface area contributed by atoms with Crippen LogP contribution in [0.2, 0.25) is 5.02 Å². The van der Waals surface area contributed by atoms with Gasteiger partial charge in [0.25, 0.3) is 5.56 Å². The van der Waals surface area contributed by atoms with Crippen molar-refractivity contribution in [3.8, 4) is 0 Å². The number of benzene rings is 1. The summed E-state index contributed by atoms with van der Waals surface area (Å²) in [6.45, 7) is 0.659. The van der Waals surface area contributed by atoms with Crippen LogP contribution in [0.5, 0.6) is 0 Å². The van der Waals surface area contributed by atoms with Crippen molar-refractivity contribution in [2.75, 3.05) is 0 Å². The second-order valence-corrected chi connectivity index (χ2v) is 5.70. The molecule has 0 amide bonds. The molecule has 0 unspecified atom stereocenters. The number of halogens is 1. The molecule has 4 rings (SSSR count). The van der Waals surface area contributed by atoms with Gasteiger partial charge in [-0.1, -0.05) is 17.7 Å². The Morgan fingerprint density at radius 1 is 1.27 bits per heavy atom. The summed E-state index contributed by atoms with van der Waals surface area (Å²) < 4.78 is 1.73. The summed E-state index contributed by atoms with van der Waals surface area (Å²) in [4.78, 5) is 21.3. The second kappa shape index (κ2) is 5.07. The molecular formula is C17H12ClN3O. The smallest absolute Gasteiger partial charge is 0.261 e.